The molecule has 2 aliphatic heterocycles. The van der Waals surface area contributed by atoms with Crippen LogP contribution in [0.15, 0.2) is 31.0 Å². The summed E-state index contributed by atoms with van der Waals surface area (Å²) in [6.45, 7) is 2.42. The number of hydrogen-bond acceptors (Lipinski definition) is 6. The minimum absolute atomic E-state index is 0.0755. The number of hydrogen-bond donors (Lipinski definition) is 1. The van der Waals surface area contributed by atoms with Gasteiger partial charge in [0.1, 0.15) is 18.7 Å². The summed E-state index contributed by atoms with van der Waals surface area (Å²) < 4.78 is 1.57. The lowest BCUT2D eigenvalue weighted by molar-refractivity contribution is -0.138. The van der Waals surface area contributed by atoms with Gasteiger partial charge in [-0.15, -0.1) is 11.8 Å². The third-order valence-electron chi connectivity index (χ3n) is 4.68. The minimum atomic E-state index is -0.382. The fourth-order valence-electron chi connectivity index (χ4n) is 3.30. The van der Waals surface area contributed by atoms with Crippen LogP contribution in [0.4, 0.5) is 0 Å². The summed E-state index contributed by atoms with van der Waals surface area (Å²) in [5, 5.41) is 6.95. The van der Waals surface area contributed by atoms with Crippen LogP contribution in [0.25, 0.3) is 5.82 Å². The van der Waals surface area contributed by atoms with Crippen molar-refractivity contribution in [3.8, 4) is 5.82 Å². The Hall–Kier alpha value is -2.42. The van der Waals surface area contributed by atoms with Gasteiger partial charge in [0.25, 0.3) is 0 Å². The third kappa shape index (κ3) is 2.88. The predicted octanol–water partition coefficient (Wildman–Crippen LogP) is 0.732. The largest absolute Gasteiger partial charge is 0.350 e. The Bertz CT molecular complexity index is 793. The Balaban J connectivity index is 1.38. The van der Waals surface area contributed by atoms with Crippen molar-refractivity contribution in [1.29, 1.82) is 0 Å². The van der Waals surface area contributed by atoms with Gasteiger partial charge >= 0.3 is 0 Å². The summed E-state index contributed by atoms with van der Waals surface area (Å²) in [4.78, 5) is 34.4. The predicted molar refractivity (Wildman–Crippen MR) is 91.7 cm³/mol. The van der Waals surface area contributed by atoms with Crippen LogP contribution in [0.1, 0.15) is 25.3 Å². The van der Waals surface area contributed by atoms with Crippen molar-refractivity contribution < 1.29 is 9.59 Å². The Labute approximate surface area is 149 Å². The molecule has 0 spiro atoms. The Kier molecular flexibility index (Phi) is 3.95. The number of aromatic nitrogens is 4. The molecule has 2 aliphatic rings. The molecule has 9 heteroatoms. The molecular formula is C16H18N6O2S. The van der Waals surface area contributed by atoms with Crippen LogP contribution in [0.3, 0.4) is 0 Å². The fraction of sp³-hybridized carbons (Fsp3) is 0.438. The molecule has 2 aromatic heterocycles. The molecule has 0 aromatic carbocycles. The van der Waals surface area contributed by atoms with Crippen LogP contribution in [0, 0.1) is 0 Å². The molecule has 0 saturated carbocycles. The second-order valence-electron chi connectivity index (χ2n) is 6.35. The first kappa shape index (κ1) is 16.1. The van der Waals surface area contributed by atoms with Crippen LogP contribution in [-0.2, 0) is 16.1 Å². The summed E-state index contributed by atoms with van der Waals surface area (Å²) in [5.41, 5.74) is 0.887. The van der Waals surface area contributed by atoms with Gasteiger partial charge in [0.15, 0.2) is 5.82 Å². The van der Waals surface area contributed by atoms with E-state index in [9.17, 15) is 9.59 Å². The number of nitrogens with zero attached hydrogens (tertiary/aromatic N) is 5. The zero-order valence-corrected chi connectivity index (χ0v) is 14.6. The SMILES string of the molecule is C[C@]12CCC(=O)N1[C@H](C(=O)NCc1ccc(-n3cncn3)nc1)CS2. The van der Waals surface area contributed by atoms with Crippen LogP contribution in [0.5, 0.6) is 0 Å². The van der Waals surface area contributed by atoms with Gasteiger partial charge in [-0.1, -0.05) is 6.07 Å². The molecule has 0 bridgehead atoms. The molecule has 2 aromatic rings. The summed E-state index contributed by atoms with van der Waals surface area (Å²) in [7, 11) is 0. The van der Waals surface area contributed by atoms with Crippen LogP contribution in [-0.4, -0.2) is 53.1 Å². The molecule has 1 N–H and O–H groups in total. The van der Waals surface area contributed by atoms with Crippen molar-refractivity contribution in [2.75, 3.05) is 5.75 Å². The second-order valence-corrected chi connectivity index (χ2v) is 7.85. The van der Waals surface area contributed by atoms with Crippen molar-refractivity contribution in [1.82, 2.24) is 30.0 Å². The summed E-state index contributed by atoms with van der Waals surface area (Å²) in [6, 6.07) is 3.33. The number of nitrogens with one attached hydrogen (secondary N) is 1. The molecule has 2 fully saturated rings. The first-order valence-electron chi connectivity index (χ1n) is 8.11. The van der Waals surface area contributed by atoms with Gasteiger partial charge in [-0.3, -0.25) is 9.59 Å². The van der Waals surface area contributed by atoms with E-state index in [-0.39, 0.29) is 22.7 Å². The maximum atomic E-state index is 12.5. The van der Waals surface area contributed by atoms with Gasteiger partial charge in [0, 0.05) is 24.9 Å². The highest BCUT2D eigenvalue weighted by Crippen LogP contribution is 2.47. The summed E-state index contributed by atoms with van der Waals surface area (Å²) in [5.74, 6) is 1.29. The minimum Gasteiger partial charge on any atom is -0.350 e. The normalized spacial score (nSPS) is 25.2. The fourth-order valence-corrected chi connectivity index (χ4v) is 4.74. The van der Waals surface area contributed by atoms with E-state index in [4.69, 9.17) is 0 Å². The highest BCUT2D eigenvalue weighted by atomic mass is 32.2. The number of pyridine rings is 1. The van der Waals surface area contributed by atoms with Gasteiger partial charge in [0.05, 0.1) is 4.87 Å². The van der Waals surface area contributed by atoms with E-state index in [1.165, 1.54) is 6.33 Å². The van der Waals surface area contributed by atoms with Crippen molar-refractivity contribution in [3.05, 3.63) is 36.5 Å². The first-order chi connectivity index (χ1) is 12.1. The van der Waals surface area contributed by atoms with Crippen LogP contribution in [0.2, 0.25) is 0 Å². The third-order valence-corrected chi connectivity index (χ3v) is 6.18. The average Bonchev–Trinajstić information content (AvgIpc) is 3.32. The standard InChI is InChI=1S/C16H18N6O2S/c1-16-5-4-14(23)22(16)12(8-25-16)15(24)19-7-11-2-3-13(18-6-11)21-10-17-9-20-21/h2-3,6,9-10,12H,4-5,7-8H2,1H3,(H,19,24)/t12-,16-/m0/s1. The quantitative estimate of drug-likeness (QED) is 0.866. The molecule has 25 heavy (non-hydrogen) atoms. The van der Waals surface area contributed by atoms with Crippen molar-refractivity contribution in [2.45, 2.75) is 37.2 Å². The Morgan fingerprint density at radius 3 is 3.08 bits per heavy atom. The van der Waals surface area contributed by atoms with E-state index in [1.54, 1.807) is 33.9 Å². The molecule has 4 rings (SSSR count). The Morgan fingerprint density at radius 1 is 1.48 bits per heavy atom. The molecular weight excluding hydrogens is 340 g/mol. The topological polar surface area (TPSA) is 93.0 Å². The molecule has 2 saturated heterocycles. The summed E-state index contributed by atoms with van der Waals surface area (Å²) >= 11 is 1.69. The first-order valence-corrected chi connectivity index (χ1v) is 9.09. The smallest absolute Gasteiger partial charge is 0.243 e. The average molecular weight is 358 g/mol. The van der Waals surface area contributed by atoms with Gasteiger partial charge in [-0.05, 0) is 25.0 Å². The lowest BCUT2D eigenvalue weighted by Crippen LogP contribution is -2.49. The molecule has 0 radical (unpaired) electrons. The molecule has 8 nitrogen and oxygen atoms in total. The second kappa shape index (κ2) is 6.14. The molecule has 2 amide bonds. The van der Waals surface area contributed by atoms with Crippen LogP contribution >= 0.6 is 11.8 Å². The van der Waals surface area contributed by atoms with Gasteiger partial charge in [0.2, 0.25) is 11.8 Å². The molecule has 130 valence electrons. The van der Waals surface area contributed by atoms with E-state index in [0.29, 0.717) is 24.5 Å². The number of rotatable bonds is 4. The molecule has 4 heterocycles. The van der Waals surface area contributed by atoms with E-state index in [2.05, 4.69) is 20.4 Å². The number of thioether (sulfide) groups is 1. The van der Waals surface area contributed by atoms with Gasteiger partial charge in [-0.2, -0.15) is 5.10 Å². The number of amides is 2. The maximum absolute atomic E-state index is 12.5. The van der Waals surface area contributed by atoms with E-state index < -0.39 is 0 Å². The lowest BCUT2D eigenvalue weighted by atomic mass is 10.2. The van der Waals surface area contributed by atoms with Crippen molar-refractivity contribution >= 4 is 23.6 Å². The van der Waals surface area contributed by atoms with Gasteiger partial charge in [-0.25, -0.2) is 14.6 Å². The van der Waals surface area contributed by atoms with Crippen LogP contribution < -0.4 is 5.32 Å². The molecule has 0 aliphatic carbocycles. The number of carbonyl (C=O) groups is 2. The van der Waals surface area contributed by atoms with E-state index >= 15 is 0 Å². The van der Waals surface area contributed by atoms with E-state index in [1.807, 2.05) is 19.1 Å². The van der Waals surface area contributed by atoms with Gasteiger partial charge < -0.3 is 10.2 Å². The van der Waals surface area contributed by atoms with E-state index in [0.717, 1.165) is 12.0 Å². The molecule has 0 unspecified atom stereocenters. The van der Waals surface area contributed by atoms with Crippen molar-refractivity contribution in [2.24, 2.45) is 0 Å². The Morgan fingerprint density at radius 2 is 2.36 bits per heavy atom. The highest BCUT2D eigenvalue weighted by molar-refractivity contribution is 8.01. The monoisotopic (exact) mass is 358 g/mol. The zero-order chi connectivity index (χ0) is 17.4. The number of fused-ring (bicyclic) bond motifs is 1. The molecule has 2 atom stereocenters. The zero-order valence-electron chi connectivity index (χ0n) is 13.8. The summed E-state index contributed by atoms with van der Waals surface area (Å²) in [6.07, 6.45) is 6.06. The van der Waals surface area contributed by atoms with Crippen molar-refractivity contribution in [3.63, 3.8) is 0 Å². The highest BCUT2D eigenvalue weighted by Gasteiger charge is 2.52. The maximum Gasteiger partial charge on any atom is 0.243 e. The number of carbonyl (C=O) groups excluding carboxylic acids is 2. The lowest BCUT2D eigenvalue weighted by Gasteiger charge is -2.29.